The van der Waals surface area contributed by atoms with Gasteiger partial charge in [-0.2, -0.15) is 4.37 Å². The lowest BCUT2D eigenvalue weighted by atomic mass is 10.2. The van der Waals surface area contributed by atoms with Crippen molar-refractivity contribution >= 4 is 11.7 Å². The summed E-state index contributed by atoms with van der Waals surface area (Å²) >= 11 is 1.08. The molecule has 0 saturated carbocycles. The molecule has 0 aromatic carbocycles. The van der Waals surface area contributed by atoms with Crippen LogP contribution in [0.25, 0.3) is 0 Å². The van der Waals surface area contributed by atoms with Crippen LogP contribution in [0.3, 0.4) is 0 Å². The van der Waals surface area contributed by atoms with E-state index in [2.05, 4.69) is 19.0 Å². The molecule has 1 unspecified atom stereocenters. The van der Waals surface area contributed by atoms with E-state index in [0.717, 1.165) is 24.7 Å². The molecule has 102 valence electrons. The molecule has 0 spiro atoms. The first-order valence-electron chi connectivity index (χ1n) is 6.02. The van der Waals surface area contributed by atoms with Gasteiger partial charge in [0.25, 0.3) is 0 Å². The minimum atomic E-state index is -0.556. The molecule has 0 aliphatic carbocycles. The molecule has 1 atom stereocenters. The largest absolute Gasteiger partial charge is 0.473 e. The Kier molecular flexibility index (Phi) is 5.67. The third-order valence-corrected chi connectivity index (χ3v) is 2.95. The second-order valence-corrected chi connectivity index (χ2v) is 4.58. The maximum atomic E-state index is 9.70. The fourth-order valence-electron chi connectivity index (χ4n) is 1.51. The van der Waals surface area contributed by atoms with Crippen LogP contribution in [0.5, 0.6) is 5.88 Å². The van der Waals surface area contributed by atoms with Gasteiger partial charge in [0.15, 0.2) is 0 Å². The van der Waals surface area contributed by atoms with Crippen LogP contribution in [0, 0.1) is 0 Å². The number of nitrogens with one attached hydrogen (secondary N) is 1. The van der Waals surface area contributed by atoms with Gasteiger partial charge in [-0.1, -0.05) is 0 Å². The van der Waals surface area contributed by atoms with Gasteiger partial charge in [-0.15, -0.1) is 4.37 Å². The molecule has 6 nitrogen and oxygen atoms in total. The number of aliphatic hydroxyl groups is 1. The van der Waals surface area contributed by atoms with Crippen molar-refractivity contribution in [1.82, 2.24) is 19.0 Å². The molecule has 0 radical (unpaired) electrons. The summed E-state index contributed by atoms with van der Waals surface area (Å²) < 4.78 is 13.0. The minimum Gasteiger partial charge on any atom is -0.473 e. The van der Waals surface area contributed by atoms with Gasteiger partial charge < -0.3 is 15.2 Å². The third kappa shape index (κ3) is 5.29. The Morgan fingerprint density at radius 1 is 1.37 bits per heavy atom. The normalized spacial score (nSPS) is 12.3. The molecule has 0 bridgehead atoms. The van der Waals surface area contributed by atoms with Gasteiger partial charge in [0.2, 0.25) is 5.88 Å². The Hall–Kier alpha value is -1.57. The molecule has 0 aliphatic rings. The molecule has 0 aliphatic heterocycles. The SMILES string of the molecule is OC(CNCCc1ccncc1)COc1cnsn1. The van der Waals surface area contributed by atoms with Crippen molar-refractivity contribution in [2.24, 2.45) is 0 Å². The van der Waals surface area contributed by atoms with Crippen molar-refractivity contribution < 1.29 is 9.84 Å². The third-order valence-electron chi connectivity index (χ3n) is 2.48. The van der Waals surface area contributed by atoms with Crippen molar-refractivity contribution in [3.05, 3.63) is 36.3 Å². The lowest BCUT2D eigenvalue weighted by molar-refractivity contribution is 0.104. The molecule has 2 rings (SSSR count). The summed E-state index contributed by atoms with van der Waals surface area (Å²) in [4.78, 5) is 3.96. The molecule has 0 saturated heterocycles. The summed E-state index contributed by atoms with van der Waals surface area (Å²) in [5.74, 6) is 0.459. The zero-order valence-electron chi connectivity index (χ0n) is 10.4. The summed E-state index contributed by atoms with van der Waals surface area (Å²) in [6, 6.07) is 3.97. The smallest absolute Gasteiger partial charge is 0.245 e. The highest BCUT2D eigenvalue weighted by molar-refractivity contribution is 6.99. The molecule has 0 fully saturated rings. The average molecular weight is 280 g/mol. The van der Waals surface area contributed by atoms with Crippen LogP contribution in [-0.4, -0.2) is 44.6 Å². The van der Waals surface area contributed by atoms with Gasteiger partial charge in [-0.05, 0) is 30.7 Å². The maximum absolute atomic E-state index is 9.70. The van der Waals surface area contributed by atoms with Gasteiger partial charge in [-0.25, -0.2) is 0 Å². The van der Waals surface area contributed by atoms with Crippen molar-refractivity contribution in [2.75, 3.05) is 19.7 Å². The Balaban J connectivity index is 1.55. The van der Waals surface area contributed by atoms with Crippen LogP contribution in [-0.2, 0) is 6.42 Å². The van der Waals surface area contributed by atoms with Crippen molar-refractivity contribution in [2.45, 2.75) is 12.5 Å². The van der Waals surface area contributed by atoms with Crippen LogP contribution >= 0.6 is 11.7 Å². The van der Waals surface area contributed by atoms with E-state index in [1.54, 1.807) is 12.4 Å². The Bertz CT molecular complexity index is 452. The van der Waals surface area contributed by atoms with Crippen LogP contribution in [0.15, 0.2) is 30.7 Å². The highest BCUT2D eigenvalue weighted by atomic mass is 32.1. The average Bonchev–Trinajstić information content (AvgIpc) is 2.96. The van der Waals surface area contributed by atoms with Crippen LogP contribution in [0.1, 0.15) is 5.56 Å². The lowest BCUT2D eigenvalue weighted by Crippen LogP contribution is -2.32. The summed E-state index contributed by atoms with van der Waals surface area (Å²) in [7, 11) is 0. The molecular weight excluding hydrogens is 264 g/mol. The summed E-state index contributed by atoms with van der Waals surface area (Å²) in [5.41, 5.74) is 1.22. The lowest BCUT2D eigenvalue weighted by Gasteiger charge is -2.11. The van der Waals surface area contributed by atoms with Crippen molar-refractivity contribution in [1.29, 1.82) is 0 Å². The van der Waals surface area contributed by atoms with E-state index in [-0.39, 0.29) is 6.61 Å². The van der Waals surface area contributed by atoms with E-state index in [4.69, 9.17) is 4.74 Å². The van der Waals surface area contributed by atoms with Gasteiger partial charge in [-0.3, -0.25) is 4.98 Å². The zero-order chi connectivity index (χ0) is 13.3. The van der Waals surface area contributed by atoms with Crippen molar-refractivity contribution in [3.8, 4) is 5.88 Å². The number of aromatic nitrogens is 3. The number of aliphatic hydroxyl groups excluding tert-OH is 1. The van der Waals surface area contributed by atoms with E-state index in [1.807, 2.05) is 12.1 Å². The van der Waals surface area contributed by atoms with E-state index in [9.17, 15) is 5.11 Å². The van der Waals surface area contributed by atoms with Crippen LogP contribution in [0.4, 0.5) is 0 Å². The van der Waals surface area contributed by atoms with Gasteiger partial charge in [0.05, 0.1) is 11.7 Å². The first kappa shape index (κ1) is 13.9. The van der Waals surface area contributed by atoms with Crippen LogP contribution in [0.2, 0.25) is 0 Å². The van der Waals surface area contributed by atoms with E-state index in [0.29, 0.717) is 12.4 Å². The molecule has 2 N–H and O–H groups in total. The Morgan fingerprint density at radius 3 is 2.95 bits per heavy atom. The molecule has 19 heavy (non-hydrogen) atoms. The van der Waals surface area contributed by atoms with E-state index in [1.165, 1.54) is 11.8 Å². The number of ether oxygens (including phenoxy) is 1. The Labute approximate surface area is 115 Å². The summed E-state index contributed by atoms with van der Waals surface area (Å²) in [6.07, 6.45) is 5.44. The molecular formula is C12H16N4O2S. The molecule has 2 aromatic rings. The summed E-state index contributed by atoms with van der Waals surface area (Å²) in [5, 5.41) is 12.9. The zero-order valence-corrected chi connectivity index (χ0v) is 11.2. The monoisotopic (exact) mass is 280 g/mol. The fourth-order valence-corrected chi connectivity index (χ4v) is 1.88. The molecule has 2 heterocycles. The van der Waals surface area contributed by atoms with Gasteiger partial charge in [0.1, 0.15) is 18.9 Å². The number of pyridine rings is 1. The highest BCUT2D eigenvalue weighted by Gasteiger charge is 2.05. The summed E-state index contributed by atoms with van der Waals surface area (Å²) in [6.45, 7) is 1.51. The second-order valence-electron chi connectivity index (χ2n) is 4.02. The number of nitrogens with zero attached hydrogens (tertiary/aromatic N) is 3. The minimum absolute atomic E-state index is 0.216. The standard InChI is InChI=1S/C12H16N4O2S/c17-11(9-18-12-8-15-19-16-12)7-14-6-3-10-1-4-13-5-2-10/h1-2,4-5,8,11,14,17H,3,6-7,9H2. The first-order chi connectivity index (χ1) is 9.34. The number of rotatable bonds is 8. The highest BCUT2D eigenvalue weighted by Crippen LogP contribution is 2.05. The molecule has 0 amide bonds. The van der Waals surface area contributed by atoms with Crippen molar-refractivity contribution in [3.63, 3.8) is 0 Å². The van der Waals surface area contributed by atoms with Crippen LogP contribution < -0.4 is 10.1 Å². The number of hydrogen-bond acceptors (Lipinski definition) is 7. The first-order valence-corrected chi connectivity index (χ1v) is 6.75. The molecule has 2 aromatic heterocycles. The predicted octanol–water partition coefficient (Wildman–Crippen LogP) is 0.505. The van der Waals surface area contributed by atoms with Gasteiger partial charge >= 0.3 is 0 Å². The van der Waals surface area contributed by atoms with E-state index >= 15 is 0 Å². The van der Waals surface area contributed by atoms with Gasteiger partial charge in [0, 0.05) is 18.9 Å². The maximum Gasteiger partial charge on any atom is 0.245 e. The number of hydrogen-bond donors (Lipinski definition) is 2. The molecule has 7 heteroatoms. The van der Waals surface area contributed by atoms with E-state index < -0.39 is 6.10 Å². The quantitative estimate of drug-likeness (QED) is 0.686. The Morgan fingerprint density at radius 2 is 2.21 bits per heavy atom. The predicted molar refractivity (Wildman–Crippen MR) is 72.2 cm³/mol. The second kappa shape index (κ2) is 7.78. The fraction of sp³-hybridized carbons (Fsp3) is 0.417. The topological polar surface area (TPSA) is 80.2 Å².